The number of anilines is 1. The van der Waals surface area contributed by atoms with Gasteiger partial charge in [-0.15, -0.1) is 6.58 Å². The van der Waals surface area contributed by atoms with Crippen molar-refractivity contribution in [3.63, 3.8) is 0 Å². The molecule has 1 amide bonds. The Morgan fingerprint density at radius 1 is 1.50 bits per heavy atom. The molecule has 16 heavy (non-hydrogen) atoms. The van der Waals surface area contributed by atoms with Gasteiger partial charge in [-0.05, 0) is 31.0 Å². The molecular formula is C13H18N2O. The van der Waals surface area contributed by atoms with Gasteiger partial charge in [-0.2, -0.15) is 0 Å². The van der Waals surface area contributed by atoms with Gasteiger partial charge in [0, 0.05) is 11.7 Å². The summed E-state index contributed by atoms with van der Waals surface area (Å²) in [4.78, 5) is 11.6. The van der Waals surface area contributed by atoms with Gasteiger partial charge in [-0.25, -0.2) is 0 Å². The van der Waals surface area contributed by atoms with Crippen molar-refractivity contribution in [3.8, 4) is 0 Å². The normalized spacial score (nSPS) is 11.8. The number of nitrogen functional groups attached to an aromatic ring is 1. The summed E-state index contributed by atoms with van der Waals surface area (Å²) in [5.74, 6) is 0.0270. The van der Waals surface area contributed by atoms with E-state index < -0.39 is 0 Å². The Kier molecular flexibility index (Phi) is 4.58. The van der Waals surface area contributed by atoms with Crippen LogP contribution >= 0.6 is 0 Å². The van der Waals surface area contributed by atoms with Gasteiger partial charge in [0.25, 0.3) is 0 Å². The second kappa shape index (κ2) is 5.95. The van der Waals surface area contributed by atoms with Crippen molar-refractivity contribution in [1.29, 1.82) is 0 Å². The highest BCUT2D eigenvalue weighted by Gasteiger charge is 2.06. The van der Waals surface area contributed by atoms with E-state index in [9.17, 15) is 4.79 Å². The summed E-state index contributed by atoms with van der Waals surface area (Å²) in [5.41, 5.74) is 7.25. The molecular weight excluding hydrogens is 200 g/mol. The Labute approximate surface area is 96.3 Å². The van der Waals surface area contributed by atoms with Crippen molar-refractivity contribution in [2.75, 3.05) is 5.73 Å². The first kappa shape index (κ1) is 12.3. The van der Waals surface area contributed by atoms with Gasteiger partial charge < -0.3 is 11.1 Å². The molecule has 0 radical (unpaired) electrons. The van der Waals surface area contributed by atoms with Crippen LogP contribution in [-0.2, 0) is 11.2 Å². The Balaban J connectivity index is 2.45. The minimum absolute atomic E-state index is 0.0270. The van der Waals surface area contributed by atoms with Crippen LogP contribution in [0.1, 0.15) is 18.9 Å². The van der Waals surface area contributed by atoms with Gasteiger partial charge >= 0.3 is 0 Å². The van der Waals surface area contributed by atoms with Crippen LogP contribution in [0.25, 0.3) is 0 Å². The molecule has 3 heteroatoms. The molecule has 0 spiro atoms. The van der Waals surface area contributed by atoms with Crippen LogP contribution in [0.15, 0.2) is 36.9 Å². The van der Waals surface area contributed by atoms with Crippen LogP contribution in [0.2, 0.25) is 0 Å². The third-order valence-corrected chi connectivity index (χ3v) is 2.27. The first-order valence-electron chi connectivity index (χ1n) is 5.36. The van der Waals surface area contributed by atoms with Crippen LogP contribution in [-0.4, -0.2) is 11.9 Å². The molecule has 0 heterocycles. The van der Waals surface area contributed by atoms with E-state index in [4.69, 9.17) is 5.73 Å². The zero-order valence-corrected chi connectivity index (χ0v) is 9.57. The SMILES string of the molecule is C=CCC(C)NC(=O)Cc1ccc(N)cc1. The molecule has 1 aromatic carbocycles. The van der Waals surface area contributed by atoms with E-state index in [1.807, 2.05) is 19.1 Å². The number of carbonyl (C=O) groups excluding carboxylic acids is 1. The van der Waals surface area contributed by atoms with E-state index in [1.165, 1.54) is 0 Å². The maximum atomic E-state index is 11.6. The van der Waals surface area contributed by atoms with E-state index in [1.54, 1.807) is 18.2 Å². The van der Waals surface area contributed by atoms with E-state index in [2.05, 4.69) is 11.9 Å². The lowest BCUT2D eigenvalue weighted by atomic mass is 10.1. The summed E-state index contributed by atoms with van der Waals surface area (Å²) in [6.45, 7) is 5.60. The number of amides is 1. The molecule has 1 atom stereocenters. The summed E-state index contributed by atoms with van der Waals surface area (Å²) < 4.78 is 0. The van der Waals surface area contributed by atoms with Gasteiger partial charge in [0.1, 0.15) is 0 Å². The Morgan fingerprint density at radius 3 is 2.69 bits per heavy atom. The maximum absolute atomic E-state index is 11.6. The van der Waals surface area contributed by atoms with Gasteiger partial charge in [0.15, 0.2) is 0 Å². The second-order valence-electron chi connectivity index (χ2n) is 3.91. The smallest absolute Gasteiger partial charge is 0.224 e. The van der Waals surface area contributed by atoms with Crippen molar-refractivity contribution in [2.45, 2.75) is 25.8 Å². The maximum Gasteiger partial charge on any atom is 0.224 e. The van der Waals surface area contributed by atoms with Crippen LogP contribution < -0.4 is 11.1 Å². The molecule has 0 saturated carbocycles. The largest absolute Gasteiger partial charge is 0.399 e. The van der Waals surface area contributed by atoms with Crippen molar-refractivity contribution in [1.82, 2.24) is 5.32 Å². The Morgan fingerprint density at radius 2 is 2.12 bits per heavy atom. The molecule has 1 unspecified atom stereocenters. The molecule has 0 fully saturated rings. The lowest BCUT2D eigenvalue weighted by Crippen LogP contribution is -2.33. The lowest BCUT2D eigenvalue weighted by Gasteiger charge is -2.11. The Hall–Kier alpha value is -1.77. The van der Waals surface area contributed by atoms with Crippen molar-refractivity contribution >= 4 is 11.6 Å². The fourth-order valence-electron chi connectivity index (χ4n) is 1.46. The molecule has 1 aromatic rings. The van der Waals surface area contributed by atoms with Crippen LogP contribution in [0.5, 0.6) is 0 Å². The molecule has 0 aliphatic rings. The number of hydrogen-bond acceptors (Lipinski definition) is 2. The fraction of sp³-hybridized carbons (Fsp3) is 0.308. The number of nitrogens with two attached hydrogens (primary N) is 1. The molecule has 0 bridgehead atoms. The number of rotatable bonds is 5. The summed E-state index contributed by atoms with van der Waals surface area (Å²) >= 11 is 0. The topological polar surface area (TPSA) is 55.1 Å². The van der Waals surface area contributed by atoms with E-state index in [0.29, 0.717) is 12.1 Å². The standard InChI is InChI=1S/C13H18N2O/c1-3-4-10(2)15-13(16)9-11-5-7-12(14)8-6-11/h3,5-8,10H,1,4,9,14H2,2H3,(H,15,16). The zero-order valence-electron chi connectivity index (χ0n) is 9.57. The molecule has 3 N–H and O–H groups in total. The minimum Gasteiger partial charge on any atom is -0.399 e. The fourth-order valence-corrected chi connectivity index (χ4v) is 1.46. The minimum atomic E-state index is 0.0270. The average Bonchev–Trinajstić information content (AvgIpc) is 2.21. The molecule has 0 aliphatic heterocycles. The monoisotopic (exact) mass is 218 g/mol. The summed E-state index contributed by atoms with van der Waals surface area (Å²) in [6, 6.07) is 7.48. The second-order valence-corrected chi connectivity index (χ2v) is 3.91. The quantitative estimate of drug-likeness (QED) is 0.585. The van der Waals surface area contributed by atoms with E-state index in [0.717, 1.165) is 12.0 Å². The highest BCUT2D eigenvalue weighted by molar-refractivity contribution is 5.78. The number of nitrogens with one attached hydrogen (secondary N) is 1. The van der Waals surface area contributed by atoms with Gasteiger partial charge in [-0.1, -0.05) is 18.2 Å². The van der Waals surface area contributed by atoms with Crippen molar-refractivity contribution in [3.05, 3.63) is 42.5 Å². The number of hydrogen-bond donors (Lipinski definition) is 2. The molecule has 3 nitrogen and oxygen atoms in total. The summed E-state index contributed by atoms with van der Waals surface area (Å²) in [5, 5.41) is 2.90. The Bertz CT molecular complexity index is 357. The molecule has 0 aliphatic carbocycles. The molecule has 1 rings (SSSR count). The first-order chi connectivity index (χ1) is 7.61. The highest BCUT2D eigenvalue weighted by Crippen LogP contribution is 2.06. The van der Waals surface area contributed by atoms with Gasteiger partial charge in [0.05, 0.1) is 6.42 Å². The third-order valence-electron chi connectivity index (χ3n) is 2.27. The highest BCUT2D eigenvalue weighted by atomic mass is 16.1. The van der Waals surface area contributed by atoms with Crippen LogP contribution in [0, 0.1) is 0 Å². The third kappa shape index (κ3) is 4.17. The predicted octanol–water partition coefficient (Wildman–Crippen LogP) is 1.89. The van der Waals surface area contributed by atoms with Crippen LogP contribution in [0.4, 0.5) is 5.69 Å². The zero-order chi connectivity index (χ0) is 12.0. The molecule has 0 saturated heterocycles. The lowest BCUT2D eigenvalue weighted by molar-refractivity contribution is -0.121. The predicted molar refractivity (Wildman–Crippen MR) is 67.0 cm³/mol. The van der Waals surface area contributed by atoms with Crippen molar-refractivity contribution in [2.24, 2.45) is 0 Å². The van der Waals surface area contributed by atoms with Crippen molar-refractivity contribution < 1.29 is 4.79 Å². The van der Waals surface area contributed by atoms with E-state index >= 15 is 0 Å². The summed E-state index contributed by atoms with van der Waals surface area (Å²) in [6.07, 6.45) is 2.98. The number of carbonyl (C=O) groups is 1. The van der Waals surface area contributed by atoms with Gasteiger partial charge in [-0.3, -0.25) is 4.79 Å². The molecule has 86 valence electrons. The molecule has 0 aromatic heterocycles. The van der Waals surface area contributed by atoms with Crippen LogP contribution in [0.3, 0.4) is 0 Å². The first-order valence-corrected chi connectivity index (χ1v) is 5.36. The number of benzene rings is 1. The van der Waals surface area contributed by atoms with Gasteiger partial charge in [0.2, 0.25) is 5.91 Å². The van der Waals surface area contributed by atoms with E-state index in [-0.39, 0.29) is 11.9 Å². The summed E-state index contributed by atoms with van der Waals surface area (Å²) in [7, 11) is 0. The average molecular weight is 218 g/mol.